The Kier molecular flexibility index (Phi) is 4.23. The highest BCUT2D eigenvalue weighted by molar-refractivity contribution is 7.91. The van der Waals surface area contributed by atoms with Crippen LogP contribution in [-0.2, 0) is 9.84 Å². The Morgan fingerprint density at radius 3 is 2.29 bits per heavy atom. The number of benzene rings is 1. The molecule has 0 aliphatic carbocycles. The molecule has 0 spiro atoms. The summed E-state index contributed by atoms with van der Waals surface area (Å²) in [6.07, 6.45) is 0. The van der Waals surface area contributed by atoms with Gasteiger partial charge in [-0.1, -0.05) is 44.5 Å². The fourth-order valence-corrected chi connectivity index (χ4v) is 3.56. The van der Waals surface area contributed by atoms with Gasteiger partial charge in [-0.25, -0.2) is 8.42 Å². The molecule has 1 rings (SSSR count). The van der Waals surface area contributed by atoms with Crippen molar-refractivity contribution in [3.63, 3.8) is 0 Å². The van der Waals surface area contributed by atoms with E-state index in [1.807, 2.05) is 20.8 Å². The Hall–Kier alpha value is -0.580. The zero-order valence-electron chi connectivity index (χ0n) is 10.3. The molecule has 0 aromatic heterocycles. The largest absolute Gasteiger partial charge is 0.326 e. The summed E-state index contributed by atoms with van der Waals surface area (Å²) in [5.41, 5.74) is 5.65. The van der Waals surface area contributed by atoms with E-state index < -0.39 is 15.9 Å². The number of sulfone groups is 1. The monoisotopic (exact) mass is 275 g/mol. The molecule has 0 amide bonds. The first kappa shape index (κ1) is 14.5. The van der Waals surface area contributed by atoms with Crippen molar-refractivity contribution in [2.45, 2.75) is 31.7 Å². The maximum Gasteiger partial charge on any atom is 0.181 e. The normalized spacial score (nSPS) is 14.6. The number of hydrogen-bond acceptors (Lipinski definition) is 3. The highest BCUT2D eigenvalue weighted by Crippen LogP contribution is 2.25. The lowest BCUT2D eigenvalue weighted by Crippen LogP contribution is -2.41. The molecule has 3 nitrogen and oxygen atoms in total. The molecule has 5 heteroatoms. The van der Waals surface area contributed by atoms with E-state index in [1.165, 1.54) is 6.07 Å². The smallest absolute Gasteiger partial charge is 0.181 e. The average molecular weight is 276 g/mol. The van der Waals surface area contributed by atoms with Crippen molar-refractivity contribution in [3.8, 4) is 0 Å². The Morgan fingerprint density at radius 2 is 1.82 bits per heavy atom. The molecule has 0 aliphatic rings. The van der Waals surface area contributed by atoms with Crippen LogP contribution in [0.4, 0.5) is 0 Å². The van der Waals surface area contributed by atoms with Gasteiger partial charge in [0.2, 0.25) is 0 Å². The van der Waals surface area contributed by atoms with Crippen LogP contribution in [0.2, 0.25) is 5.02 Å². The zero-order chi connectivity index (χ0) is 13.3. The third kappa shape index (κ3) is 3.69. The molecule has 1 atom stereocenters. The second-order valence-corrected chi connectivity index (χ2v) is 7.59. The van der Waals surface area contributed by atoms with Crippen LogP contribution in [0.15, 0.2) is 29.2 Å². The summed E-state index contributed by atoms with van der Waals surface area (Å²) < 4.78 is 24.3. The summed E-state index contributed by atoms with van der Waals surface area (Å²) >= 11 is 5.89. The number of hydrogen-bond donors (Lipinski definition) is 1. The van der Waals surface area contributed by atoms with Gasteiger partial charge in [-0.3, -0.25) is 0 Å². The van der Waals surface area contributed by atoms with E-state index in [0.717, 1.165) is 0 Å². The van der Waals surface area contributed by atoms with Crippen molar-refractivity contribution in [2.75, 3.05) is 5.75 Å². The third-order valence-electron chi connectivity index (χ3n) is 2.68. The minimum atomic E-state index is -3.43. The molecule has 0 saturated heterocycles. The van der Waals surface area contributed by atoms with Gasteiger partial charge in [-0.15, -0.1) is 0 Å². The van der Waals surface area contributed by atoms with E-state index in [0.29, 0.717) is 0 Å². The highest BCUT2D eigenvalue weighted by atomic mass is 35.5. The molecule has 0 bridgehead atoms. The van der Waals surface area contributed by atoms with E-state index >= 15 is 0 Å². The van der Waals surface area contributed by atoms with Crippen LogP contribution in [0.1, 0.15) is 20.8 Å². The second kappa shape index (κ2) is 4.96. The maximum atomic E-state index is 12.1. The molecular weight excluding hydrogens is 258 g/mol. The third-order valence-corrected chi connectivity index (χ3v) is 4.95. The Labute approximate surface area is 108 Å². The average Bonchev–Trinajstić information content (AvgIpc) is 2.15. The molecule has 1 aromatic carbocycles. The predicted octanol–water partition coefficient (Wildman–Crippen LogP) is 2.49. The molecule has 96 valence electrons. The van der Waals surface area contributed by atoms with Crippen LogP contribution in [0.3, 0.4) is 0 Å². The first-order chi connectivity index (χ1) is 7.64. The van der Waals surface area contributed by atoms with Gasteiger partial charge >= 0.3 is 0 Å². The number of halogens is 1. The van der Waals surface area contributed by atoms with Gasteiger partial charge < -0.3 is 5.73 Å². The predicted molar refractivity (Wildman–Crippen MR) is 70.9 cm³/mol. The molecule has 1 unspecified atom stereocenters. The molecule has 2 N–H and O–H groups in total. The van der Waals surface area contributed by atoms with Gasteiger partial charge in [0.25, 0.3) is 0 Å². The standard InChI is InChI=1S/C12H18ClNO2S/c1-12(2,3)11(14)8-17(15,16)10-7-5-4-6-9(10)13/h4-7,11H,8,14H2,1-3H3. The molecular formula is C12H18ClNO2S. The highest BCUT2D eigenvalue weighted by Gasteiger charge is 2.28. The lowest BCUT2D eigenvalue weighted by Gasteiger charge is -2.26. The Bertz CT molecular complexity index is 491. The van der Waals surface area contributed by atoms with Crippen molar-refractivity contribution in [2.24, 2.45) is 11.1 Å². The van der Waals surface area contributed by atoms with E-state index in [-0.39, 0.29) is 21.1 Å². The van der Waals surface area contributed by atoms with Gasteiger partial charge in [0, 0.05) is 6.04 Å². The van der Waals surface area contributed by atoms with Crippen molar-refractivity contribution in [3.05, 3.63) is 29.3 Å². The Balaban J connectivity index is 3.03. The van der Waals surface area contributed by atoms with Crippen molar-refractivity contribution >= 4 is 21.4 Å². The quantitative estimate of drug-likeness (QED) is 0.922. The van der Waals surface area contributed by atoms with Crippen LogP contribution >= 0.6 is 11.6 Å². The summed E-state index contributed by atoms with van der Waals surface area (Å²) in [6.45, 7) is 5.75. The minimum absolute atomic E-state index is 0.0970. The van der Waals surface area contributed by atoms with E-state index in [4.69, 9.17) is 17.3 Å². The van der Waals surface area contributed by atoms with Crippen LogP contribution in [0, 0.1) is 5.41 Å². The second-order valence-electron chi connectivity index (χ2n) is 5.18. The van der Waals surface area contributed by atoms with Gasteiger partial charge in [-0.2, -0.15) is 0 Å². The maximum absolute atomic E-state index is 12.1. The summed E-state index contributed by atoms with van der Waals surface area (Å²) in [4.78, 5) is 0.154. The fraction of sp³-hybridized carbons (Fsp3) is 0.500. The Morgan fingerprint density at radius 1 is 1.29 bits per heavy atom. The molecule has 1 aromatic rings. The SMILES string of the molecule is CC(C)(C)C(N)CS(=O)(=O)c1ccccc1Cl. The van der Waals surface area contributed by atoms with E-state index in [2.05, 4.69) is 0 Å². The lowest BCUT2D eigenvalue weighted by atomic mass is 9.89. The van der Waals surface area contributed by atoms with E-state index in [9.17, 15) is 8.42 Å². The fourth-order valence-electron chi connectivity index (χ4n) is 1.27. The van der Waals surface area contributed by atoms with Crippen molar-refractivity contribution < 1.29 is 8.42 Å². The van der Waals surface area contributed by atoms with Crippen LogP contribution in [0.5, 0.6) is 0 Å². The van der Waals surface area contributed by atoms with Crippen LogP contribution in [0.25, 0.3) is 0 Å². The van der Waals surface area contributed by atoms with Crippen LogP contribution < -0.4 is 5.73 Å². The van der Waals surface area contributed by atoms with Crippen molar-refractivity contribution in [1.29, 1.82) is 0 Å². The molecule has 0 heterocycles. The molecule has 17 heavy (non-hydrogen) atoms. The number of rotatable bonds is 3. The molecule has 0 fully saturated rings. The summed E-state index contributed by atoms with van der Waals surface area (Å²) in [6, 6.07) is 6.00. The molecule has 0 aliphatic heterocycles. The summed E-state index contributed by atoms with van der Waals surface area (Å²) in [5.74, 6) is -0.0970. The first-order valence-electron chi connectivity index (χ1n) is 5.37. The van der Waals surface area contributed by atoms with Gasteiger partial charge in [0.1, 0.15) is 0 Å². The van der Waals surface area contributed by atoms with E-state index in [1.54, 1.807) is 18.2 Å². The van der Waals surface area contributed by atoms with Gasteiger partial charge in [-0.05, 0) is 17.5 Å². The van der Waals surface area contributed by atoms with Crippen LogP contribution in [-0.4, -0.2) is 20.2 Å². The topological polar surface area (TPSA) is 60.2 Å². The zero-order valence-corrected chi connectivity index (χ0v) is 11.8. The van der Waals surface area contributed by atoms with Gasteiger partial charge in [0.05, 0.1) is 15.7 Å². The summed E-state index contributed by atoms with van der Waals surface area (Å²) in [5, 5.41) is 0.244. The lowest BCUT2D eigenvalue weighted by molar-refractivity contribution is 0.340. The minimum Gasteiger partial charge on any atom is -0.326 e. The first-order valence-corrected chi connectivity index (χ1v) is 7.40. The van der Waals surface area contributed by atoms with Gasteiger partial charge in [0.15, 0.2) is 9.84 Å². The summed E-state index contributed by atoms with van der Waals surface area (Å²) in [7, 11) is -3.43. The van der Waals surface area contributed by atoms with Crippen molar-refractivity contribution in [1.82, 2.24) is 0 Å². The number of nitrogens with two attached hydrogens (primary N) is 1. The molecule has 0 radical (unpaired) electrons. The molecule has 0 saturated carbocycles.